The Morgan fingerprint density at radius 2 is 1.80 bits per heavy atom. The van der Waals surface area contributed by atoms with Crippen molar-refractivity contribution in [2.75, 3.05) is 14.2 Å². The molecule has 0 unspecified atom stereocenters. The summed E-state index contributed by atoms with van der Waals surface area (Å²) in [6, 6.07) is 9.17. The van der Waals surface area contributed by atoms with Crippen LogP contribution in [0, 0.1) is 5.82 Å². The first-order valence-corrected chi connectivity index (χ1v) is 5.82. The zero-order chi connectivity index (χ0) is 14.7. The lowest BCUT2D eigenvalue weighted by Gasteiger charge is -2.10. The molecule has 0 aliphatic heterocycles. The topological polar surface area (TPSA) is 55.8 Å². The van der Waals surface area contributed by atoms with Crippen LogP contribution in [0.4, 0.5) is 4.39 Å². The average Bonchev–Trinajstić information content (AvgIpc) is 2.46. The second-order valence-electron chi connectivity index (χ2n) is 4.04. The van der Waals surface area contributed by atoms with Gasteiger partial charge in [-0.2, -0.15) is 0 Å². The van der Waals surface area contributed by atoms with E-state index in [1.165, 1.54) is 38.5 Å². The van der Waals surface area contributed by atoms with Gasteiger partial charge in [0.05, 0.1) is 14.2 Å². The molecule has 0 saturated heterocycles. The molecule has 0 amide bonds. The Balaban J connectivity index is 2.57. The highest BCUT2D eigenvalue weighted by Gasteiger charge is 2.15. The van der Waals surface area contributed by atoms with Crippen molar-refractivity contribution < 1.29 is 23.8 Å². The summed E-state index contributed by atoms with van der Waals surface area (Å²) in [6.45, 7) is 0. The van der Waals surface area contributed by atoms with Gasteiger partial charge in [-0.15, -0.1) is 0 Å². The van der Waals surface area contributed by atoms with Gasteiger partial charge in [-0.25, -0.2) is 9.18 Å². The highest BCUT2D eigenvalue weighted by Crippen LogP contribution is 2.32. The Labute approximate surface area is 115 Å². The van der Waals surface area contributed by atoms with E-state index in [-0.39, 0.29) is 17.1 Å². The molecule has 20 heavy (non-hydrogen) atoms. The SMILES string of the molecule is COc1cc(-c2cccc(OC)c2F)ccc1C(=O)O. The average molecular weight is 276 g/mol. The molecular formula is C15H13FO4. The number of hydrogen-bond donors (Lipinski definition) is 1. The van der Waals surface area contributed by atoms with Crippen LogP contribution in [0.1, 0.15) is 10.4 Å². The van der Waals surface area contributed by atoms with Gasteiger partial charge in [0, 0.05) is 5.56 Å². The van der Waals surface area contributed by atoms with Crippen molar-refractivity contribution >= 4 is 5.97 Å². The third kappa shape index (κ3) is 2.42. The Hall–Kier alpha value is -2.56. The molecule has 0 saturated carbocycles. The first kappa shape index (κ1) is 13.9. The van der Waals surface area contributed by atoms with Crippen LogP contribution in [-0.4, -0.2) is 25.3 Å². The monoisotopic (exact) mass is 276 g/mol. The van der Waals surface area contributed by atoms with E-state index in [1.807, 2.05) is 0 Å². The fourth-order valence-corrected chi connectivity index (χ4v) is 1.93. The third-order valence-corrected chi connectivity index (χ3v) is 2.93. The minimum atomic E-state index is -1.10. The van der Waals surface area contributed by atoms with Crippen LogP contribution in [0.2, 0.25) is 0 Å². The number of carboxylic acid groups (broad SMARTS) is 1. The molecule has 1 N–H and O–H groups in total. The quantitative estimate of drug-likeness (QED) is 0.931. The van der Waals surface area contributed by atoms with Gasteiger partial charge < -0.3 is 14.6 Å². The van der Waals surface area contributed by atoms with Crippen molar-refractivity contribution in [1.82, 2.24) is 0 Å². The Bertz CT molecular complexity index is 652. The summed E-state index contributed by atoms with van der Waals surface area (Å²) < 4.78 is 24.1. The maximum Gasteiger partial charge on any atom is 0.339 e. The number of benzene rings is 2. The number of ether oxygens (including phenoxy) is 2. The molecule has 0 spiro atoms. The molecule has 0 atom stereocenters. The van der Waals surface area contributed by atoms with Crippen molar-refractivity contribution in [3.05, 3.63) is 47.8 Å². The van der Waals surface area contributed by atoms with Crippen LogP contribution < -0.4 is 9.47 Å². The van der Waals surface area contributed by atoms with Gasteiger partial charge in [-0.3, -0.25) is 0 Å². The number of carboxylic acids is 1. The van der Waals surface area contributed by atoms with E-state index >= 15 is 0 Å². The number of aromatic carboxylic acids is 1. The van der Waals surface area contributed by atoms with Gasteiger partial charge in [-0.1, -0.05) is 18.2 Å². The Morgan fingerprint density at radius 3 is 2.40 bits per heavy atom. The molecule has 5 heteroatoms. The number of halogens is 1. The van der Waals surface area contributed by atoms with Crippen LogP contribution in [-0.2, 0) is 0 Å². The van der Waals surface area contributed by atoms with Crippen LogP contribution in [0.3, 0.4) is 0 Å². The van der Waals surface area contributed by atoms with E-state index in [0.717, 1.165) is 0 Å². The molecular weight excluding hydrogens is 263 g/mol. The van der Waals surface area contributed by atoms with E-state index in [1.54, 1.807) is 12.1 Å². The number of hydrogen-bond acceptors (Lipinski definition) is 3. The lowest BCUT2D eigenvalue weighted by Crippen LogP contribution is -2.00. The molecule has 0 radical (unpaired) electrons. The number of rotatable bonds is 4. The second kappa shape index (κ2) is 5.61. The third-order valence-electron chi connectivity index (χ3n) is 2.93. The summed E-state index contributed by atoms with van der Waals surface area (Å²) in [7, 11) is 2.75. The number of carbonyl (C=O) groups is 1. The van der Waals surface area contributed by atoms with Crippen molar-refractivity contribution in [2.24, 2.45) is 0 Å². The van der Waals surface area contributed by atoms with Gasteiger partial charge in [0.2, 0.25) is 0 Å². The maximum absolute atomic E-state index is 14.2. The highest BCUT2D eigenvalue weighted by molar-refractivity contribution is 5.92. The van der Waals surface area contributed by atoms with E-state index in [4.69, 9.17) is 14.6 Å². The molecule has 0 fully saturated rings. The predicted molar refractivity (Wildman–Crippen MR) is 71.9 cm³/mol. The summed E-state index contributed by atoms with van der Waals surface area (Å²) in [5, 5.41) is 9.02. The highest BCUT2D eigenvalue weighted by atomic mass is 19.1. The van der Waals surface area contributed by atoms with Gasteiger partial charge in [0.25, 0.3) is 0 Å². The van der Waals surface area contributed by atoms with Gasteiger partial charge in [0.1, 0.15) is 11.3 Å². The van der Waals surface area contributed by atoms with E-state index in [9.17, 15) is 9.18 Å². The molecule has 0 heterocycles. The summed E-state index contributed by atoms with van der Waals surface area (Å²) in [5.41, 5.74) is 0.863. The first-order valence-electron chi connectivity index (χ1n) is 5.82. The largest absolute Gasteiger partial charge is 0.496 e. The molecule has 4 nitrogen and oxygen atoms in total. The number of methoxy groups -OCH3 is 2. The smallest absolute Gasteiger partial charge is 0.339 e. The van der Waals surface area contributed by atoms with Gasteiger partial charge >= 0.3 is 5.97 Å². The Morgan fingerprint density at radius 1 is 1.10 bits per heavy atom. The summed E-state index contributed by atoms with van der Waals surface area (Å²) >= 11 is 0. The normalized spacial score (nSPS) is 10.2. The van der Waals surface area contributed by atoms with Crippen LogP contribution in [0.5, 0.6) is 11.5 Å². The van der Waals surface area contributed by atoms with Crippen molar-refractivity contribution in [1.29, 1.82) is 0 Å². The van der Waals surface area contributed by atoms with Gasteiger partial charge in [0.15, 0.2) is 11.6 Å². The molecule has 0 aliphatic rings. The fraction of sp³-hybridized carbons (Fsp3) is 0.133. The lowest BCUT2D eigenvalue weighted by molar-refractivity contribution is 0.0693. The second-order valence-corrected chi connectivity index (χ2v) is 4.04. The molecule has 2 rings (SSSR count). The van der Waals surface area contributed by atoms with E-state index in [0.29, 0.717) is 11.1 Å². The Kier molecular flexibility index (Phi) is 3.89. The summed E-state index contributed by atoms with van der Waals surface area (Å²) in [4.78, 5) is 11.0. The van der Waals surface area contributed by atoms with Crippen LogP contribution >= 0.6 is 0 Å². The summed E-state index contributed by atoms with van der Waals surface area (Å²) in [5.74, 6) is -1.29. The van der Waals surface area contributed by atoms with Gasteiger partial charge in [-0.05, 0) is 23.8 Å². The standard InChI is InChI=1S/C15H13FO4/c1-19-12-5-3-4-10(14(12)16)9-6-7-11(15(17)18)13(8-9)20-2/h3-8H,1-2H3,(H,17,18). The van der Waals surface area contributed by atoms with Crippen LogP contribution in [0.25, 0.3) is 11.1 Å². The molecule has 0 bridgehead atoms. The molecule has 0 aromatic heterocycles. The van der Waals surface area contributed by atoms with E-state index < -0.39 is 11.8 Å². The first-order chi connectivity index (χ1) is 9.58. The zero-order valence-electron chi connectivity index (χ0n) is 11.0. The van der Waals surface area contributed by atoms with Crippen molar-refractivity contribution in [3.63, 3.8) is 0 Å². The molecule has 2 aromatic carbocycles. The van der Waals surface area contributed by atoms with Crippen molar-refractivity contribution in [2.45, 2.75) is 0 Å². The van der Waals surface area contributed by atoms with Crippen molar-refractivity contribution in [3.8, 4) is 22.6 Å². The molecule has 0 aliphatic carbocycles. The minimum Gasteiger partial charge on any atom is -0.496 e. The minimum absolute atomic E-state index is 0.0274. The van der Waals surface area contributed by atoms with Crippen LogP contribution in [0.15, 0.2) is 36.4 Å². The fourth-order valence-electron chi connectivity index (χ4n) is 1.93. The predicted octanol–water partition coefficient (Wildman–Crippen LogP) is 3.21. The van der Waals surface area contributed by atoms with E-state index in [2.05, 4.69) is 0 Å². The lowest BCUT2D eigenvalue weighted by atomic mass is 10.0. The zero-order valence-corrected chi connectivity index (χ0v) is 11.0. The maximum atomic E-state index is 14.2. The summed E-state index contributed by atoms with van der Waals surface area (Å²) in [6.07, 6.45) is 0. The molecule has 2 aromatic rings. The molecule has 104 valence electrons.